The Balaban J connectivity index is 1.35. The molecule has 180 valence electrons. The smallest absolute Gasteiger partial charge is 0.240 e. The van der Waals surface area contributed by atoms with Crippen molar-refractivity contribution < 1.29 is 22.7 Å². The number of anilines is 1. The quantitative estimate of drug-likeness (QED) is 0.431. The van der Waals surface area contributed by atoms with Crippen molar-refractivity contribution in [2.24, 2.45) is 5.92 Å². The summed E-state index contributed by atoms with van der Waals surface area (Å²) in [5.41, 5.74) is 2.58. The van der Waals surface area contributed by atoms with E-state index in [9.17, 15) is 18.0 Å². The normalized spacial score (nSPS) is 16.2. The molecule has 2 amide bonds. The zero-order valence-corrected chi connectivity index (χ0v) is 19.9. The summed E-state index contributed by atoms with van der Waals surface area (Å²) in [7, 11) is -1.93. The summed E-state index contributed by atoms with van der Waals surface area (Å²) in [4.78, 5) is 30.3. The summed E-state index contributed by atoms with van der Waals surface area (Å²) in [5.74, 6) is 0.00921. The molecule has 3 aromatic rings. The number of ether oxygens (including phenoxy) is 1. The molecule has 0 saturated carbocycles. The number of hydrogen-bond acceptors (Lipinski definition) is 5. The Kier molecular flexibility index (Phi) is 6.90. The van der Waals surface area contributed by atoms with Gasteiger partial charge in [0.05, 0.1) is 17.9 Å². The van der Waals surface area contributed by atoms with Crippen molar-refractivity contribution in [3.05, 3.63) is 54.2 Å². The standard InChI is InChI=1S/C24H28N4O5S/c1-3-26-34(31,32)20-7-4-18(5-8-20)27-24(30)17-12-23(29)28(15-17)11-10-16-14-25-22-9-6-19(33-2)13-21(16)22/h4-9,13-14,17,25-26H,3,10-12,15H2,1-2H3,(H,27,30). The van der Waals surface area contributed by atoms with Crippen molar-refractivity contribution in [3.63, 3.8) is 0 Å². The fourth-order valence-electron chi connectivity index (χ4n) is 4.15. The Hall–Kier alpha value is -3.37. The molecular weight excluding hydrogens is 456 g/mol. The number of sulfonamides is 1. The van der Waals surface area contributed by atoms with Crippen molar-refractivity contribution >= 4 is 38.4 Å². The first-order valence-corrected chi connectivity index (χ1v) is 12.6. The Morgan fingerprint density at radius 1 is 1.21 bits per heavy atom. The predicted octanol–water partition coefficient (Wildman–Crippen LogP) is 2.50. The molecule has 1 unspecified atom stereocenters. The van der Waals surface area contributed by atoms with Gasteiger partial charge in [0.2, 0.25) is 21.8 Å². The van der Waals surface area contributed by atoms with E-state index >= 15 is 0 Å². The van der Waals surface area contributed by atoms with E-state index in [1.807, 2.05) is 24.4 Å². The Morgan fingerprint density at radius 2 is 1.97 bits per heavy atom. The monoisotopic (exact) mass is 484 g/mol. The van der Waals surface area contributed by atoms with E-state index in [0.29, 0.717) is 31.7 Å². The van der Waals surface area contributed by atoms with Crippen molar-refractivity contribution in [1.82, 2.24) is 14.6 Å². The molecule has 0 spiro atoms. The number of fused-ring (bicyclic) bond motifs is 1. The summed E-state index contributed by atoms with van der Waals surface area (Å²) < 4.78 is 31.8. The Labute approximate surface area is 198 Å². The second kappa shape index (κ2) is 9.86. The molecule has 1 aliphatic rings. The molecular formula is C24H28N4O5S. The fraction of sp³-hybridized carbons (Fsp3) is 0.333. The third-order valence-corrected chi connectivity index (χ3v) is 7.54. The number of hydrogen-bond donors (Lipinski definition) is 3. The Morgan fingerprint density at radius 3 is 2.68 bits per heavy atom. The maximum absolute atomic E-state index is 12.7. The van der Waals surface area contributed by atoms with Crippen molar-refractivity contribution in [2.45, 2.75) is 24.7 Å². The van der Waals surface area contributed by atoms with Gasteiger partial charge in [0.25, 0.3) is 0 Å². The number of likely N-dealkylation sites (tertiary alicyclic amines) is 1. The fourth-order valence-corrected chi connectivity index (χ4v) is 5.19. The van der Waals surface area contributed by atoms with Gasteiger partial charge >= 0.3 is 0 Å². The lowest BCUT2D eigenvalue weighted by Crippen LogP contribution is -2.30. The van der Waals surface area contributed by atoms with Crippen LogP contribution in [0.2, 0.25) is 0 Å². The van der Waals surface area contributed by atoms with Gasteiger partial charge in [-0.25, -0.2) is 13.1 Å². The van der Waals surface area contributed by atoms with Crippen molar-refractivity contribution in [2.75, 3.05) is 32.1 Å². The van der Waals surface area contributed by atoms with Crippen LogP contribution in [0.25, 0.3) is 10.9 Å². The molecule has 1 fully saturated rings. The molecule has 10 heteroatoms. The van der Waals surface area contributed by atoms with Crippen LogP contribution in [0.3, 0.4) is 0 Å². The number of nitrogens with one attached hydrogen (secondary N) is 3. The molecule has 0 aliphatic carbocycles. The molecule has 2 aromatic carbocycles. The highest BCUT2D eigenvalue weighted by molar-refractivity contribution is 7.89. The van der Waals surface area contributed by atoms with E-state index in [1.165, 1.54) is 12.1 Å². The highest BCUT2D eigenvalue weighted by Gasteiger charge is 2.34. The average Bonchev–Trinajstić information content (AvgIpc) is 3.40. The van der Waals surface area contributed by atoms with E-state index in [0.717, 1.165) is 22.2 Å². The van der Waals surface area contributed by atoms with E-state index < -0.39 is 15.9 Å². The van der Waals surface area contributed by atoms with Crippen LogP contribution in [0, 0.1) is 5.92 Å². The first kappa shape index (κ1) is 23.8. The number of aromatic nitrogens is 1. The molecule has 1 saturated heterocycles. The van der Waals surface area contributed by atoms with Gasteiger partial charge in [-0.05, 0) is 54.4 Å². The van der Waals surface area contributed by atoms with E-state index in [-0.39, 0.29) is 23.1 Å². The maximum atomic E-state index is 12.7. The predicted molar refractivity (Wildman–Crippen MR) is 129 cm³/mol. The van der Waals surface area contributed by atoms with Crippen LogP contribution in [0.4, 0.5) is 5.69 Å². The number of H-pyrrole nitrogens is 1. The largest absolute Gasteiger partial charge is 0.497 e. The highest BCUT2D eigenvalue weighted by atomic mass is 32.2. The topological polar surface area (TPSA) is 121 Å². The van der Waals surface area contributed by atoms with Gasteiger partial charge in [0, 0.05) is 48.8 Å². The number of carbonyl (C=O) groups is 2. The molecule has 1 aromatic heterocycles. The summed E-state index contributed by atoms with van der Waals surface area (Å²) in [5, 5.41) is 3.85. The zero-order valence-electron chi connectivity index (χ0n) is 19.1. The van der Waals surface area contributed by atoms with Crippen LogP contribution in [0.1, 0.15) is 18.9 Å². The van der Waals surface area contributed by atoms with Crippen LogP contribution in [-0.2, 0) is 26.0 Å². The lowest BCUT2D eigenvalue weighted by molar-refractivity contribution is -0.128. The number of methoxy groups -OCH3 is 1. The van der Waals surface area contributed by atoms with Gasteiger partial charge in [-0.2, -0.15) is 0 Å². The first-order chi connectivity index (χ1) is 16.3. The highest BCUT2D eigenvalue weighted by Crippen LogP contribution is 2.26. The van der Waals surface area contributed by atoms with Gasteiger partial charge in [-0.15, -0.1) is 0 Å². The van der Waals surface area contributed by atoms with E-state index in [1.54, 1.807) is 31.1 Å². The van der Waals surface area contributed by atoms with Crippen LogP contribution in [0.15, 0.2) is 53.6 Å². The number of nitrogens with zero attached hydrogens (tertiary/aromatic N) is 1. The lowest BCUT2D eigenvalue weighted by atomic mass is 10.1. The molecule has 3 N–H and O–H groups in total. The van der Waals surface area contributed by atoms with Gasteiger partial charge < -0.3 is 19.9 Å². The summed E-state index contributed by atoms with van der Waals surface area (Å²) >= 11 is 0. The van der Waals surface area contributed by atoms with Crippen LogP contribution in [0.5, 0.6) is 5.75 Å². The molecule has 4 rings (SSSR count). The number of aromatic amines is 1. The van der Waals surface area contributed by atoms with Gasteiger partial charge in [-0.1, -0.05) is 6.92 Å². The number of amides is 2. The minimum absolute atomic E-state index is 0.0512. The number of benzene rings is 2. The third kappa shape index (κ3) is 5.07. The van der Waals surface area contributed by atoms with Crippen LogP contribution >= 0.6 is 0 Å². The Bertz CT molecular complexity index is 1300. The van der Waals surface area contributed by atoms with Crippen LogP contribution in [-0.4, -0.2) is 56.9 Å². The first-order valence-electron chi connectivity index (χ1n) is 11.1. The summed E-state index contributed by atoms with van der Waals surface area (Å²) in [6.45, 7) is 2.87. The SMILES string of the molecule is CCNS(=O)(=O)c1ccc(NC(=O)C2CC(=O)N(CCc3c[nH]c4ccc(OC)cc34)C2)cc1. The summed E-state index contributed by atoms with van der Waals surface area (Å²) in [6, 6.07) is 11.8. The van der Waals surface area contributed by atoms with Crippen molar-refractivity contribution in [1.29, 1.82) is 0 Å². The molecule has 0 radical (unpaired) electrons. The average molecular weight is 485 g/mol. The number of carbonyl (C=O) groups excluding carboxylic acids is 2. The minimum atomic E-state index is -3.55. The molecule has 1 atom stereocenters. The lowest BCUT2D eigenvalue weighted by Gasteiger charge is -2.16. The number of rotatable bonds is 9. The van der Waals surface area contributed by atoms with Crippen molar-refractivity contribution in [3.8, 4) is 5.75 Å². The maximum Gasteiger partial charge on any atom is 0.240 e. The molecule has 9 nitrogen and oxygen atoms in total. The van der Waals surface area contributed by atoms with E-state index in [4.69, 9.17) is 4.74 Å². The third-order valence-electron chi connectivity index (χ3n) is 5.98. The second-order valence-corrected chi connectivity index (χ2v) is 10.00. The van der Waals surface area contributed by atoms with Gasteiger partial charge in [-0.3, -0.25) is 9.59 Å². The summed E-state index contributed by atoms with van der Waals surface area (Å²) in [6.07, 6.45) is 2.75. The molecule has 0 bridgehead atoms. The van der Waals surface area contributed by atoms with Gasteiger partial charge in [0.1, 0.15) is 5.75 Å². The molecule has 34 heavy (non-hydrogen) atoms. The molecule has 1 aliphatic heterocycles. The second-order valence-electron chi connectivity index (χ2n) is 8.23. The van der Waals surface area contributed by atoms with E-state index in [2.05, 4.69) is 15.0 Å². The van der Waals surface area contributed by atoms with Crippen LogP contribution < -0.4 is 14.8 Å². The van der Waals surface area contributed by atoms with Gasteiger partial charge in [0.15, 0.2) is 0 Å². The molecule has 2 heterocycles. The zero-order chi connectivity index (χ0) is 24.3. The minimum Gasteiger partial charge on any atom is -0.497 e.